The standard InChI is InChI=1S/C13H19N3/c1-3-4-7-14-8-12-9-15-13-6-5-11(2)10-16(12)13/h5-6,9-10,14H,3-4,7-8H2,1-2H3. The van der Waals surface area contributed by atoms with Crippen LogP contribution in [0.3, 0.4) is 0 Å². The van der Waals surface area contributed by atoms with Crippen LogP contribution in [-0.4, -0.2) is 15.9 Å². The molecule has 0 amide bonds. The number of nitrogens with one attached hydrogen (secondary N) is 1. The largest absolute Gasteiger partial charge is 0.311 e. The van der Waals surface area contributed by atoms with Gasteiger partial charge in [0, 0.05) is 12.7 Å². The van der Waals surface area contributed by atoms with E-state index < -0.39 is 0 Å². The average molecular weight is 217 g/mol. The molecule has 0 aliphatic rings. The van der Waals surface area contributed by atoms with Gasteiger partial charge in [0.2, 0.25) is 0 Å². The SMILES string of the molecule is CCCCNCc1cnc2ccc(C)cn12. The fraction of sp³-hybridized carbons (Fsp3) is 0.462. The molecule has 0 saturated heterocycles. The molecule has 2 heterocycles. The highest BCUT2D eigenvalue weighted by atomic mass is 15.0. The molecule has 1 N–H and O–H groups in total. The summed E-state index contributed by atoms with van der Waals surface area (Å²) in [4.78, 5) is 4.38. The lowest BCUT2D eigenvalue weighted by atomic mass is 10.3. The van der Waals surface area contributed by atoms with E-state index in [1.54, 1.807) is 0 Å². The Kier molecular flexibility index (Phi) is 3.57. The van der Waals surface area contributed by atoms with Crippen LogP contribution in [0.1, 0.15) is 31.0 Å². The number of pyridine rings is 1. The smallest absolute Gasteiger partial charge is 0.136 e. The predicted octanol–water partition coefficient (Wildman–Crippen LogP) is 2.53. The van der Waals surface area contributed by atoms with E-state index in [0.717, 1.165) is 18.7 Å². The van der Waals surface area contributed by atoms with E-state index in [-0.39, 0.29) is 0 Å². The van der Waals surface area contributed by atoms with E-state index >= 15 is 0 Å². The van der Waals surface area contributed by atoms with Crippen molar-refractivity contribution in [1.82, 2.24) is 14.7 Å². The van der Waals surface area contributed by atoms with Crippen LogP contribution < -0.4 is 5.32 Å². The Morgan fingerprint density at radius 2 is 2.25 bits per heavy atom. The van der Waals surface area contributed by atoms with Crippen molar-refractivity contribution in [2.24, 2.45) is 0 Å². The van der Waals surface area contributed by atoms with Crippen LogP contribution in [0, 0.1) is 6.92 Å². The number of aromatic nitrogens is 2. The van der Waals surface area contributed by atoms with Crippen molar-refractivity contribution in [1.29, 1.82) is 0 Å². The minimum atomic E-state index is 0.893. The van der Waals surface area contributed by atoms with Gasteiger partial charge in [-0.2, -0.15) is 0 Å². The second kappa shape index (κ2) is 5.12. The molecule has 0 unspecified atom stereocenters. The second-order valence-corrected chi connectivity index (χ2v) is 4.21. The zero-order valence-electron chi connectivity index (χ0n) is 10.0. The molecule has 0 spiro atoms. The van der Waals surface area contributed by atoms with Gasteiger partial charge < -0.3 is 9.72 Å². The van der Waals surface area contributed by atoms with E-state index in [1.165, 1.54) is 24.1 Å². The van der Waals surface area contributed by atoms with Crippen LogP contribution in [0.4, 0.5) is 0 Å². The van der Waals surface area contributed by atoms with Gasteiger partial charge in [0.1, 0.15) is 5.65 Å². The van der Waals surface area contributed by atoms with Crippen molar-refractivity contribution in [3.63, 3.8) is 0 Å². The van der Waals surface area contributed by atoms with Crippen LogP contribution in [0.25, 0.3) is 5.65 Å². The molecule has 2 aromatic heterocycles. The summed E-state index contributed by atoms with van der Waals surface area (Å²) < 4.78 is 2.16. The molecule has 0 atom stereocenters. The Balaban J connectivity index is 2.09. The molecular formula is C13H19N3. The first-order chi connectivity index (χ1) is 7.81. The Hall–Kier alpha value is -1.35. The molecule has 2 aromatic rings. The first-order valence-corrected chi connectivity index (χ1v) is 5.94. The fourth-order valence-electron chi connectivity index (χ4n) is 1.79. The molecule has 0 aliphatic carbocycles. The number of hydrogen-bond acceptors (Lipinski definition) is 2. The molecule has 0 bridgehead atoms. The molecule has 0 aromatic carbocycles. The minimum absolute atomic E-state index is 0.893. The number of fused-ring (bicyclic) bond motifs is 1. The highest BCUT2D eigenvalue weighted by molar-refractivity contribution is 5.41. The molecule has 16 heavy (non-hydrogen) atoms. The van der Waals surface area contributed by atoms with Gasteiger partial charge in [0.05, 0.1) is 11.9 Å². The molecule has 3 nitrogen and oxygen atoms in total. The normalized spacial score (nSPS) is 11.1. The average Bonchev–Trinajstić information content (AvgIpc) is 2.67. The minimum Gasteiger partial charge on any atom is -0.311 e. The van der Waals surface area contributed by atoms with E-state index in [2.05, 4.69) is 46.9 Å². The van der Waals surface area contributed by atoms with Crippen LogP contribution >= 0.6 is 0 Å². The Morgan fingerprint density at radius 1 is 1.38 bits per heavy atom. The fourth-order valence-corrected chi connectivity index (χ4v) is 1.79. The molecule has 0 fully saturated rings. The molecule has 3 heteroatoms. The lowest BCUT2D eigenvalue weighted by Gasteiger charge is -2.04. The Labute approximate surface area is 96.5 Å². The number of nitrogens with zero attached hydrogens (tertiary/aromatic N) is 2. The first-order valence-electron chi connectivity index (χ1n) is 5.94. The van der Waals surface area contributed by atoms with Crippen molar-refractivity contribution in [2.45, 2.75) is 33.2 Å². The van der Waals surface area contributed by atoms with Gasteiger partial charge in [-0.1, -0.05) is 19.4 Å². The quantitative estimate of drug-likeness (QED) is 0.780. The topological polar surface area (TPSA) is 29.3 Å². The third kappa shape index (κ3) is 2.42. The number of aryl methyl sites for hydroxylation is 1. The number of imidazole rings is 1. The summed E-state index contributed by atoms with van der Waals surface area (Å²) in [5, 5.41) is 3.44. The summed E-state index contributed by atoms with van der Waals surface area (Å²) in [6.07, 6.45) is 6.56. The number of rotatable bonds is 5. The third-order valence-electron chi connectivity index (χ3n) is 2.74. The molecule has 2 rings (SSSR count). The zero-order chi connectivity index (χ0) is 11.4. The number of hydrogen-bond donors (Lipinski definition) is 1. The van der Waals surface area contributed by atoms with Gasteiger partial charge in [0.15, 0.2) is 0 Å². The Morgan fingerprint density at radius 3 is 3.06 bits per heavy atom. The molecule has 0 saturated carbocycles. The lowest BCUT2D eigenvalue weighted by molar-refractivity contribution is 0.631. The summed E-state index contributed by atoms with van der Waals surface area (Å²) in [6.45, 7) is 6.28. The molecule has 86 valence electrons. The summed E-state index contributed by atoms with van der Waals surface area (Å²) in [7, 11) is 0. The maximum atomic E-state index is 4.38. The van der Waals surface area contributed by atoms with Gasteiger partial charge in [-0.3, -0.25) is 0 Å². The van der Waals surface area contributed by atoms with Crippen molar-refractivity contribution in [3.05, 3.63) is 35.8 Å². The highest BCUT2D eigenvalue weighted by Gasteiger charge is 2.01. The summed E-state index contributed by atoms with van der Waals surface area (Å²) in [6, 6.07) is 4.15. The predicted molar refractivity (Wildman–Crippen MR) is 66.5 cm³/mol. The maximum absolute atomic E-state index is 4.38. The molecule has 0 radical (unpaired) electrons. The van der Waals surface area contributed by atoms with Gasteiger partial charge in [-0.15, -0.1) is 0 Å². The third-order valence-corrected chi connectivity index (χ3v) is 2.74. The van der Waals surface area contributed by atoms with E-state index in [0.29, 0.717) is 0 Å². The van der Waals surface area contributed by atoms with Crippen molar-refractivity contribution in [3.8, 4) is 0 Å². The summed E-state index contributed by atoms with van der Waals surface area (Å²) in [5.41, 5.74) is 3.52. The van der Waals surface area contributed by atoms with Crippen LogP contribution in [0.5, 0.6) is 0 Å². The summed E-state index contributed by atoms with van der Waals surface area (Å²) in [5.74, 6) is 0. The summed E-state index contributed by atoms with van der Waals surface area (Å²) >= 11 is 0. The van der Waals surface area contributed by atoms with E-state index in [1.807, 2.05) is 6.20 Å². The van der Waals surface area contributed by atoms with Gasteiger partial charge in [-0.05, 0) is 31.5 Å². The van der Waals surface area contributed by atoms with Crippen molar-refractivity contribution >= 4 is 5.65 Å². The van der Waals surface area contributed by atoms with E-state index in [4.69, 9.17) is 0 Å². The molecular weight excluding hydrogens is 198 g/mol. The van der Waals surface area contributed by atoms with Crippen molar-refractivity contribution in [2.75, 3.05) is 6.54 Å². The van der Waals surface area contributed by atoms with Gasteiger partial charge >= 0.3 is 0 Å². The highest BCUT2D eigenvalue weighted by Crippen LogP contribution is 2.08. The van der Waals surface area contributed by atoms with Gasteiger partial charge in [0.25, 0.3) is 0 Å². The van der Waals surface area contributed by atoms with Crippen LogP contribution in [-0.2, 0) is 6.54 Å². The lowest BCUT2D eigenvalue weighted by Crippen LogP contribution is -2.15. The van der Waals surface area contributed by atoms with Gasteiger partial charge in [-0.25, -0.2) is 4.98 Å². The Bertz CT molecular complexity index is 459. The van der Waals surface area contributed by atoms with E-state index in [9.17, 15) is 0 Å². The maximum Gasteiger partial charge on any atom is 0.136 e. The monoisotopic (exact) mass is 217 g/mol. The zero-order valence-corrected chi connectivity index (χ0v) is 10.0. The van der Waals surface area contributed by atoms with Crippen LogP contribution in [0.15, 0.2) is 24.5 Å². The number of unbranched alkanes of at least 4 members (excludes halogenated alkanes) is 1. The molecule has 0 aliphatic heterocycles. The van der Waals surface area contributed by atoms with Crippen LogP contribution in [0.2, 0.25) is 0 Å². The second-order valence-electron chi connectivity index (χ2n) is 4.21. The first kappa shape index (κ1) is 11.1. The van der Waals surface area contributed by atoms with Crippen molar-refractivity contribution < 1.29 is 0 Å².